The van der Waals surface area contributed by atoms with Gasteiger partial charge in [0, 0.05) is 21.3 Å². The average molecular weight is 549 g/mol. The predicted octanol–water partition coefficient (Wildman–Crippen LogP) is 8.28. The van der Waals surface area contributed by atoms with E-state index in [0.717, 1.165) is 45.4 Å². The van der Waals surface area contributed by atoms with Crippen LogP contribution < -0.4 is 10.2 Å². The number of nitrogens with one attached hydrogen (secondary N) is 1. The van der Waals surface area contributed by atoms with E-state index in [1.54, 1.807) is 6.07 Å². The van der Waals surface area contributed by atoms with Crippen LogP contribution in [0.4, 0.5) is 22.9 Å². The largest absolute Gasteiger partial charge is 0.337 e. The van der Waals surface area contributed by atoms with Gasteiger partial charge in [-0.1, -0.05) is 83.9 Å². The van der Waals surface area contributed by atoms with E-state index in [1.807, 2.05) is 78.3 Å². The van der Waals surface area contributed by atoms with Gasteiger partial charge in [-0.2, -0.15) is 5.10 Å². The number of benzene rings is 4. The quantitative estimate of drug-likeness (QED) is 0.246. The molecule has 190 valence electrons. The van der Waals surface area contributed by atoms with Crippen LogP contribution in [0.5, 0.6) is 0 Å². The van der Waals surface area contributed by atoms with Gasteiger partial charge in [0.05, 0.1) is 28.8 Å². The van der Waals surface area contributed by atoms with Gasteiger partial charge >= 0.3 is 0 Å². The summed E-state index contributed by atoms with van der Waals surface area (Å²) in [6.45, 7) is 2.05. The van der Waals surface area contributed by atoms with Crippen LogP contribution in [0.25, 0.3) is 5.69 Å². The summed E-state index contributed by atoms with van der Waals surface area (Å²) in [4.78, 5) is 12.5. The molecule has 2 aliphatic rings. The fourth-order valence-corrected chi connectivity index (χ4v) is 5.79. The molecule has 39 heavy (non-hydrogen) atoms. The van der Waals surface area contributed by atoms with E-state index in [-0.39, 0.29) is 6.04 Å². The molecule has 1 aromatic heterocycles. The standard InChI is InChI=1S/C31H22Cl2N6/c1-19-27-28(20-10-4-2-5-11-20)38-26-15-9-8-14-25(26)35-29(34-23-17-21(32)16-22(33)18-23)31(38)36-30(27)39(37-19)24-12-6-3-7-13-24/h2-18,28H,1H3,(H,34,35). The summed E-state index contributed by atoms with van der Waals surface area (Å²) in [7, 11) is 0. The Morgan fingerprint density at radius 3 is 2.18 bits per heavy atom. The number of halogens is 2. The lowest BCUT2D eigenvalue weighted by molar-refractivity contribution is 0.815. The lowest BCUT2D eigenvalue weighted by Crippen LogP contribution is -2.46. The highest BCUT2D eigenvalue weighted by atomic mass is 35.5. The van der Waals surface area contributed by atoms with E-state index in [9.17, 15) is 0 Å². The summed E-state index contributed by atoms with van der Waals surface area (Å²) in [6.07, 6.45) is 0. The van der Waals surface area contributed by atoms with Gasteiger partial charge in [0.1, 0.15) is 0 Å². The van der Waals surface area contributed by atoms with Crippen LogP contribution >= 0.6 is 23.2 Å². The maximum atomic E-state index is 6.33. The number of anilines is 2. The monoisotopic (exact) mass is 548 g/mol. The maximum absolute atomic E-state index is 6.33. The molecule has 5 aromatic rings. The summed E-state index contributed by atoms with van der Waals surface area (Å²) in [5, 5.41) is 9.49. The van der Waals surface area contributed by atoms with Gasteiger partial charge in [0.25, 0.3) is 0 Å². The summed E-state index contributed by atoms with van der Waals surface area (Å²) in [5.74, 6) is 2.05. The topological polar surface area (TPSA) is 57.8 Å². The molecule has 0 aliphatic carbocycles. The molecular weight excluding hydrogens is 527 g/mol. The van der Waals surface area contributed by atoms with Crippen molar-refractivity contribution in [3.05, 3.63) is 130 Å². The number of rotatable bonds is 3. The second kappa shape index (κ2) is 9.42. The van der Waals surface area contributed by atoms with Crippen LogP contribution in [0.3, 0.4) is 0 Å². The Bertz CT molecular complexity index is 1760. The Morgan fingerprint density at radius 2 is 1.44 bits per heavy atom. The van der Waals surface area contributed by atoms with E-state index < -0.39 is 0 Å². The second-order valence-corrected chi connectivity index (χ2v) is 10.3. The summed E-state index contributed by atoms with van der Waals surface area (Å²) < 4.78 is 1.92. The third kappa shape index (κ3) is 4.09. The van der Waals surface area contributed by atoms with Crippen molar-refractivity contribution < 1.29 is 0 Å². The van der Waals surface area contributed by atoms with Gasteiger partial charge < -0.3 is 10.2 Å². The van der Waals surface area contributed by atoms with Crippen LogP contribution in [0, 0.1) is 6.92 Å². The Kier molecular flexibility index (Phi) is 5.72. The van der Waals surface area contributed by atoms with E-state index in [1.165, 1.54) is 0 Å². The molecule has 7 rings (SSSR count). The van der Waals surface area contributed by atoms with E-state index in [2.05, 4.69) is 40.5 Å². The van der Waals surface area contributed by atoms with Crippen LogP contribution in [-0.4, -0.2) is 21.5 Å². The summed E-state index contributed by atoms with van der Waals surface area (Å²) in [6, 6.07) is 33.8. The van der Waals surface area contributed by atoms with Crippen LogP contribution in [0.1, 0.15) is 22.9 Å². The van der Waals surface area contributed by atoms with Gasteiger partial charge in [-0.05, 0) is 55.0 Å². The van der Waals surface area contributed by atoms with Crippen LogP contribution in [0.15, 0.2) is 113 Å². The van der Waals surface area contributed by atoms with Gasteiger partial charge in [-0.25, -0.2) is 14.7 Å². The zero-order valence-electron chi connectivity index (χ0n) is 20.9. The minimum atomic E-state index is -0.178. The molecule has 0 amide bonds. The van der Waals surface area contributed by atoms with Gasteiger partial charge in [-0.3, -0.25) is 0 Å². The van der Waals surface area contributed by atoms with E-state index in [4.69, 9.17) is 38.3 Å². The SMILES string of the molecule is Cc1nn(-c2ccccc2)c2c1C(c1ccccc1)N1C(=N2)C(Nc2cc(Cl)cc(Cl)c2)=Nc2ccccc21. The fourth-order valence-electron chi connectivity index (χ4n) is 5.26. The molecule has 4 aromatic carbocycles. The van der Waals surface area contributed by atoms with E-state index in [0.29, 0.717) is 21.7 Å². The van der Waals surface area contributed by atoms with Crippen molar-refractivity contribution in [3.63, 3.8) is 0 Å². The van der Waals surface area contributed by atoms with Crippen molar-refractivity contribution in [1.82, 2.24) is 9.78 Å². The van der Waals surface area contributed by atoms with Gasteiger partial charge in [0.2, 0.25) is 0 Å². The molecule has 0 saturated carbocycles. The first-order chi connectivity index (χ1) is 19.1. The molecule has 1 N–H and O–H groups in total. The number of aromatic nitrogens is 2. The normalized spacial score (nSPS) is 15.6. The molecule has 0 radical (unpaired) electrons. The highest BCUT2D eigenvalue weighted by Crippen LogP contribution is 2.48. The van der Waals surface area contributed by atoms with Crippen molar-refractivity contribution in [3.8, 4) is 5.69 Å². The second-order valence-electron chi connectivity index (χ2n) is 9.42. The van der Waals surface area contributed by atoms with Crippen molar-refractivity contribution in [2.45, 2.75) is 13.0 Å². The number of hydrogen-bond acceptors (Lipinski definition) is 5. The third-order valence-corrected chi connectivity index (χ3v) is 7.32. The van der Waals surface area contributed by atoms with Crippen molar-refractivity contribution in [2.75, 3.05) is 10.2 Å². The number of fused-ring (bicyclic) bond motifs is 4. The fraction of sp³-hybridized carbons (Fsp3) is 0.0645. The number of nitrogens with zero attached hydrogens (tertiary/aromatic N) is 5. The minimum Gasteiger partial charge on any atom is -0.337 e. The molecule has 0 fully saturated rings. The van der Waals surface area contributed by atoms with Crippen molar-refractivity contribution in [2.24, 2.45) is 9.98 Å². The van der Waals surface area contributed by atoms with Crippen LogP contribution in [0.2, 0.25) is 10.0 Å². The van der Waals surface area contributed by atoms with Crippen molar-refractivity contribution >= 4 is 57.8 Å². The van der Waals surface area contributed by atoms with E-state index >= 15 is 0 Å². The van der Waals surface area contributed by atoms with Gasteiger partial charge in [-0.15, -0.1) is 0 Å². The molecule has 0 bridgehead atoms. The molecule has 1 atom stereocenters. The molecule has 0 spiro atoms. The van der Waals surface area contributed by atoms with Gasteiger partial charge in [0.15, 0.2) is 17.5 Å². The molecule has 2 aliphatic heterocycles. The molecule has 1 unspecified atom stereocenters. The first-order valence-corrected chi connectivity index (χ1v) is 13.3. The van der Waals surface area contributed by atoms with Crippen LogP contribution in [-0.2, 0) is 0 Å². The summed E-state index contributed by atoms with van der Waals surface area (Å²) >= 11 is 12.7. The smallest absolute Gasteiger partial charge is 0.179 e. The Morgan fingerprint density at radius 1 is 0.769 bits per heavy atom. The molecule has 6 nitrogen and oxygen atoms in total. The average Bonchev–Trinajstić information content (AvgIpc) is 3.28. The zero-order chi connectivity index (χ0) is 26.5. The lowest BCUT2D eigenvalue weighted by atomic mass is 9.93. The zero-order valence-corrected chi connectivity index (χ0v) is 22.4. The summed E-state index contributed by atoms with van der Waals surface area (Å²) in [5.41, 5.74) is 6.57. The predicted molar refractivity (Wildman–Crippen MR) is 160 cm³/mol. The molecule has 0 saturated heterocycles. The number of aliphatic imine (C=N–C) groups is 2. The Hall–Kier alpha value is -4.39. The molecular formula is C31H22Cl2N6. The lowest BCUT2D eigenvalue weighted by Gasteiger charge is -2.40. The molecule has 8 heteroatoms. The first-order valence-electron chi connectivity index (χ1n) is 12.6. The number of amidine groups is 2. The number of para-hydroxylation sites is 3. The first kappa shape index (κ1) is 23.7. The highest BCUT2D eigenvalue weighted by Gasteiger charge is 2.41. The van der Waals surface area contributed by atoms with Crippen molar-refractivity contribution in [1.29, 1.82) is 0 Å². The Balaban J connectivity index is 1.50. The third-order valence-electron chi connectivity index (χ3n) is 6.88. The Labute approximate surface area is 235 Å². The number of aryl methyl sites for hydroxylation is 1. The minimum absolute atomic E-state index is 0.178. The highest BCUT2D eigenvalue weighted by molar-refractivity contribution is 6.52. The number of hydrogen-bond donors (Lipinski definition) is 1. The molecule has 3 heterocycles. The maximum Gasteiger partial charge on any atom is 0.179 e.